The van der Waals surface area contributed by atoms with Gasteiger partial charge in [-0.2, -0.15) is 0 Å². The minimum absolute atomic E-state index is 0.215. The Morgan fingerprint density at radius 3 is 2.21 bits per heavy atom. The predicted molar refractivity (Wildman–Crippen MR) is 80.9 cm³/mol. The van der Waals surface area contributed by atoms with Crippen molar-refractivity contribution >= 4 is 0 Å². The van der Waals surface area contributed by atoms with Gasteiger partial charge in [-0.3, -0.25) is 0 Å². The molecule has 1 saturated heterocycles. The molecule has 0 amide bonds. The molecule has 106 valence electrons. The van der Waals surface area contributed by atoms with E-state index in [1.54, 1.807) is 0 Å². The van der Waals surface area contributed by atoms with Gasteiger partial charge in [-0.05, 0) is 62.0 Å². The molecule has 0 unspecified atom stereocenters. The Hall–Kier alpha value is -1.02. The number of hydrogen-bond acceptors (Lipinski definition) is 2. The lowest BCUT2D eigenvalue weighted by Gasteiger charge is -2.28. The van der Waals surface area contributed by atoms with Crippen LogP contribution in [0.15, 0.2) is 24.3 Å². The van der Waals surface area contributed by atoms with Crippen molar-refractivity contribution in [3.8, 4) is 5.75 Å². The van der Waals surface area contributed by atoms with Crippen molar-refractivity contribution < 1.29 is 4.74 Å². The SMILES string of the molecule is CN1CCC(COc2ccc(C(C)(C)C)cc2)CC1. The number of rotatable bonds is 3. The first kappa shape index (κ1) is 14.4. The van der Waals surface area contributed by atoms with Crippen LogP contribution in [0.3, 0.4) is 0 Å². The van der Waals surface area contributed by atoms with Gasteiger partial charge >= 0.3 is 0 Å². The summed E-state index contributed by atoms with van der Waals surface area (Å²) in [5.74, 6) is 1.73. The van der Waals surface area contributed by atoms with Gasteiger partial charge in [-0.1, -0.05) is 32.9 Å². The minimum atomic E-state index is 0.215. The van der Waals surface area contributed by atoms with Crippen LogP contribution in [-0.4, -0.2) is 31.6 Å². The van der Waals surface area contributed by atoms with Crippen LogP contribution in [0.5, 0.6) is 5.75 Å². The van der Waals surface area contributed by atoms with Crippen LogP contribution >= 0.6 is 0 Å². The van der Waals surface area contributed by atoms with Crippen molar-refractivity contribution in [3.05, 3.63) is 29.8 Å². The first-order valence-corrected chi connectivity index (χ1v) is 7.37. The molecule has 0 aliphatic carbocycles. The molecule has 1 aliphatic heterocycles. The van der Waals surface area contributed by atoms with E-state index in [9.17, 15) is 0 Å². The fourth-order valence-electron chi connectivity index (χ4n) is 2.49. The van der Waals surface area contributed by atoms with Gasteiger partial charge in [0, 0.05) is 0 Å². The Morgan fingerprint density at radius 2 is 1.68 bits per heavy atom. The average Bonchev–Trinajstić information content (AvgIpc) is 2.37. The van der Waals surface area contributed by atoms with Crippen LogP contribution in [0.2, 0.25) is 0 Å². The zero-order chi connectivity index (χ0) is 13.9. The number of likely N-dealkylation sites (tertiary alicyclic amines) is 1. The Labute approximate surface area is 117 Å². The van der Waals surface area contributed by atoms with Gasteiger partial charge < -0.3 is 9.64 Å². The van der Waals surface area contributed by atoms with E-state index in [0.717, 1.165) is 18.3 Å². The molecule has 0 radical (unpaired) electrons. The lowest BCUT2D eigenvalue weighted by molar-refractivity contribution is 0.160. The summed E-state index contributed by atoms with van der Waals surface area (Å²) in [6, 6.07) is 8.58. The van der Waals surface area contributed by atoms with E-state index in [0.29, 0.717) is 0 Å². The zero-order valence-corrected chi connectivity index (χ0v) is 12.8. The smallest absolute Gasteiger partial charge is 0.119 e. The lowest BCUT2D eigenvalue weighted by atomic mass is 9.87. The van der Waals surface area contributed by atoms with E-state index in [2.05, 4.69) is 57.0 Å². The summed E-state index contributed by atoms with van der Waals surface area (Å²) in [6.45, 7) is 9.99. The van der Waals surface area contributed by atoms with Gasteiger partial charge in [-0.25, -0.2) is 0 Å². The fourth-order valence-corrected chi connectivity index (χ4v) is 2.49. The molecule has 0 N–H and O–H groups in total. The highest BCUT2D eigenvalue weighted by atomic mass is 16.5. The van der Waals surface area contributed by atoms with Crippen LogP contribution < -0.4 is 4.74 Å². The van der Waals surface area contributed by atoms with Crippen molar-refractivity contribution in [1.29, 1.82) is 0 Å². The second-order valence-electron chi connectivity index (χ2n) is 6.83. The number of ether oxygens (including phenoxy) is 1. The molecule has 1 aromatic rings. The van der Waals surface area contributed by atoms with Gasteiger partial charge in [0.1, 0.15) is 5.75 Å². The van der Waals surface area contributed by atoms with E-state index in [4.69, 9.17) is 4.74 Å². The Morgan fingerprint density at radius 1 is 1.11 bits per heavy atom. The number of hydrogen-bond donors (Lipinski definition) is 0. The third-order valence-corrected chi connectivity index (χ3v) is 4.04. The quantitative estimate of drug-likeness (QED) is 0.822. The molecule has 0 spiro atoms. The second-order valence-corrected chi connectivity index (χ2v) is 6.83. The van der Waals surface area contributed by atoms with Crippen LogP contribution in [-0.2, 0) is 5.41 Å². The first-order chi connectivity index (χ1) is 8.95. The van der Waals surface area contributed by atoms with Crippen molar-refractivity contribution in [3.63, 3.8) is 0 Å². The van der Waals surface area contributed by atoms with Gasteiger partial charge in [0.25, 0.3) is 0 Å². The van der Waals surface area contributed by atoms with Crippen LogP contribution in [0, 0.1) is 5.92 Å². The van der Waals surface area contributed by atoms with E-state index in [1.165, 1.54) is 31.5 Å². The largest absolute Gasteiger partial charge is 0.493 e. The van der Waals surface area contributed by atoms with Gasteiger partial charge in [-0.15, -0.1) is 0 Å². The molecule has 1 aromatic carbocycles. The maximum absolute atomic E-state index is 5.93. The van der Waals surface area contributed by atoms with Crippen molar-refractivity contribution in [2.75, 3.05) is 26.7 Å². The Balaban J connectivity index is 1.83. The molecular formula is C17H27NO. The normalized spacial score (nSPS) is 18.5. The number of benzene rings is 1. The highest BCUT2D eigenvalue weighted by Crippen LogP contribution is 2.25. The number of piperidine rings is 1. The summed E-state index contributed by atoms with van der Waals surface area (Å²) in [7, 11) is 2.20. The van der Waals surface area contributed by atoms with Crippen molar-refractivity contribution in [2.24, 2.45) is 5.92 Å². The maximum atomic E-state index is 5.93. The highest BCUT2D eigenvalue weighted by Gasteiger charge is 2.17. The van der Waals surface area contributed by atoms with Gasteiger partial charge in [0.2, 0.25) is 0 Å². The summed E-state index contributed by atoms with van der Waals surface area (Å²) in [6.07, 6.45) is 2.52. The molecule has 0 atom stereocenters. The van der Waals surface area contributed by atoms with Gasteiger partial charge in [0.15, 0.2) is 0 Å². The molecular weight excluding hydrogens is 234 g/mol. The summed E-state index contributed by atoms with van der Waals surface area (Å²) < 4.78 is 5.93. The van der Waals surface area contributed by atoms with E-state index in [1.807, 2.05) is 0 Å². The third-order valence-electron chi connectivity index (χ3n) is 4.04. The fraction of sp³-hybridized carbons (Fsp3) is 0.647. The predicted octanol–water partition coefficient (Wildman–Crippen LogP) is 3.70. The molecule has 1 fully saturated rings. The molecule has 2 heteroatoms. The topological polar surface area (TPSA) is 12.5 Å². The molecule has 2 nitrogen and oxygen atoms in total. The minimum Gasteiger partial charge on any atom is -0.493 e. The van der Waals surface area contributed by atoms with Crippen molar-refractivity contribution in [1.82, 2.24) is 4.90 Å². The summed E-state index contributed by atoms with van der Waals surface area (Å²) in [5, 5.41) is 0. The van der Waals surface area contributed by atoms with Gasteiger partial charge in [0.05, 0.1) is 6.61 Å². The molecule has 0 aromatic heterocycles. The Kier molecular flexibility index (Phi) is 4.51. The molecule has 19 heavy (non-hydrogen) atoms. The molecule has 0 saturated carbocycles. The van der Waals surface area contributed by atoms with Crippen molar-refractivity contribution in [2.45, 2.75) is 39.0 Å². The summed E-state index contributed by atoms with van der Waals surface area (Å²) in [5.41, 5.74) is 1.58. The Bertz CT molecular complexity index is 383. The van der Waals surface area contributed by atoms with E-state index in [-0.39, 0.29) is 5.41 Å². The summed E-state index contributed by atoms with van der Waals surface area (Å²) in [4.78, 5) is 2.40. The second kappa shape index (κ2) is 5.96. The molecule has 1 heterocycles. The van der Waals surface area contributed by atoms with Crippen LogP contribution in [0.4, 0.5) is 0 Å². The standard InChI is InChI=1S/C17H27NO/c1-17(2,3)15-5-7-16(8-6-15)19-13-14-9-11-18(4)12-10-14/h5-8,14H,9-13H2,1-4H3. The lowest BCUT2D eigenvalue weighted by Crippen LogP contribution is -2.32. The highest BCUT2D eigenvalue weighted by molar-refractivity contribution is 5.31. The first-order valence-electron chi connectivity index (χ1n) is 7.37. The molecule has 0 bridgehead atoms. The molecule has 1 aliphatic rings. The zero-order valence-electron chi connectivity index (χ0n) is 12.8. The van der Waals surface area contributed by atoms with E-state index >= 15 is 0 Å². The van der Waals surface area contributed by atoms with Crippen LogP contribution in [0.1, 0.15) is 39.2 Å². The molecule has 2 rings (SSSR count). The number of nitrogens with zero attached hydrogens (tertiary/aromatic N) is 1. The maximum Gasteiger partial charge on any atom is 0.119 e. The third kappa shape index (κ3) is 4.24. The van der Waals surface area contributed by atoms with E-state index < -0.39 is 0 Å². The summed E-state index contributed by atoms with van der Waals surface area (Å²) >= 11 is 0. The monoisotopic (exact) mass is 261 g/mol. The van der Waals surface area contributed by atoms with Crippen LogP contribution in [0.25, 0.3) is 0 Å². The average molecular weight is 261 g/mol.